The van der Waals surface area contributed by atoms with E-state index in [9.17, 15) is 4.39 Å². The standard InChI is InChI=1S/C16H23BrFN/c1-12(13-6-4-2-3-5-7-13)19-11-14-10-15(17)8-9-16(14)18/h8-10,12-13,19H,2-7,11H2,1H3/t12-/m0/s1. The van der Waals surface area contributed by atoms with Crippen molar-refractivity contribution in [3.8, 4) is 0 Å². The van der Waals surface area contributed by atoms with Gasteiger partial charge in [0.2, 0.25) is 0 Å². The normalized spacial score (nSPS) is 19.1. The smallest absolute Gasteiger partial charge is 0.127 e. The Kier molecular flexibility index (Phi) is 5.83. The zero-order valence-electron chi connectivity index (χ0n) is 11.6. The van der Waals surface area contributed by atoms with Crippen molar-refractivity contribution in [2.24, 2.45) is 5.92 Å². The summed E-state index contributed by atoms with van der Waals surface area (Å²) in [7, 11) is 0. The molecule has 1 N–H and O–H groups in total. The number of benzene rings is 1. The van der Waals surface area contributed by atoms with Crippen LogP contribution in [0, 0.1) is 11.7 Å². The molecule has 0 saturated heterocycles. The van der Waals surface area contributed by atoms with E-state index in [0.29, 0.717) is 12.6 Å². The molecule has 2 rings (SSSR count). The molecule has 0 heterocycles. The van der Waals surface area contributed by atoms with E-state index < -0.39 is 0 Å². The summed E-state index contributed by atoms with van der Waals surface area (Å²) in [5.41, 5.74) is 0.745. The maximum atomic E-state index is 13.7. The molecule has 1 nitrogen and oxygen atoms in total. The molecule has 0 aromatic heterocycles. The summed E-state index contributed by atoms with van der Waals surface area (Å²) in [5.74, 6) is 0.626. The Morgan fingerprint density at radius 2 is 1.95 bits per heavy atom. The van der Waals surface area contributed by atoms with Gasteiger partial charge in [-0.3, -0.25) is 0 Å². The zero-order chi connectivity index (χ0) is 13.7. The van der Waals surface area contributed by atoms with Crippen LogP contribution in [0.4, 0.5) is 4.39 Å². The Balaban J connectivity index is 1.88. The van der Waals surface area contributed by atoms with Crippen LogP contribution in [0.25, 0.3) is 0 Å². The third-order valence-corrected chi connectivity index (χ3v) is 4.72. The van der Waals surface area contributed by atoms with Gasteiger partial charge >= 0.3 is 0 Å². The van der Waals surface area contributed by atoms with E-state index >= 15 is 0 Å². The number of halogens is 2. The predicted molar refractivity (Wildman–Crippen MR) is 81.6 cm³/mol. The fourth-order valence-electron chi connectivity index (χ4n) is 2.93. The number of nitrogens with one attached hydrogen (secondary N) is 1. The molecule has 0 bridgehead atoms. The van der Waals surface area contributed by atoms with Crippen molar-refractivity contribution >= 4 is 15.9 Å². The third kappa shape index (κ3) is 4.57. The van der Waals surface area contributed by atoms with Gasteiger partial charge in [-0.25, -0.2) is 4.39 Å². The number of hydrogen-bond donors (Lipinski definition) is 1. The molecule has 0 amide bonds. The lowest BCUT2D eigenvalue weighted by molar-refractivity contribution is 0.335. The fourth-order valence-corrected chi connectivity index (χ4v) is 3.34. The van der Waals surface area contributed by atoms with Gasteiger partial charge in [0, 0.05) is 22.6 Å². The van der Waals surface area contributed by atoms with E-state index in [2.05, 4.69) is 28.2 Å². The van der Waals surface area contributed by atoms with Gasteiger partial charge < -0.3 is 5.32 Å². The molecule has 0 spiro atoms. The van der Waals surface area contributed by atoms with Gasteiger partial charge in [0.1, 0.15) is 5.82 Å². The first-order valence-electron chi connectivity index (χ1n) is 7.34. The van der Waals surface area contributed by atoms with Crippen LogP contribution in [0.2, 0.25) is 0 Å². The summed E-state index contributed by atoms with van der Waals surface area (Å²) < 4.78 is 14.6. The van der Waals surface area contributed by atoms with Crippen molar-refractivity contribution in [2.45, 2.75) is 58.0 Å². The van der Waals surface area contributed by atoms with Crippen molar-refractivity contribution in [3.63, 3.8) is 0 Å². The maximum absolute atomic E-state index is 13.7. The van der Waals surface area contributed by atoms with Gasteiger partial charge in [0.15, 0.2) is 0 Å². The van der Waals surface area contributed by atoms with Crippen molar-refractivity contribution in [3.05, 3.63) is 34.1 Å². The van der Waals surface area contributed by atoms with Crippen molar-refractivity contribution in [1.29, 1.82) is 0 Å². The van der Waals surface area contributed by atoms with Crippen LogP contribution in [0.3, 0.4) is 0 Å². The minimum Gasteiger partial charge on any atom is -0.310 e. The largest absolute Gasteiger partial charge is 0.310 e. The highest BCUT2D eigenvalue weighted by atomic mass is 79.9. The Morgan fingerprint density at radius 3 is 2.63 bits per heavy atom. The first-order valence-corrected chi connectivity index (χ1v) is 8.13. The molecular formula is C16H23BrFN. The summed E-state index contributed by atoms with van der Waals surface area (Å²) in [4.78, 5) is 0. The average Bonchev–Trinajstić information content (AvgIpc) is 2.68. The number of hydrogen-bond acceptors (Lipinski definition) is 1. The molecule has 3 heteroatoms. The molecule has 1 saturated carbocycles. The molecular weight excluding hydrogens is 305 g/mol. The Labute approximate surface area is 124 Å². The van der Waals surface area contributed by atoms with E-state index in [1.165, 1.54) is 44.6 Å². The van der Waals surface area contributed by atoms with Gasteiger partial charge in [-0.15, -0.1) is 0 Å². The van der Waals surface area contributed by atoms with Crippen LogP contribution in [-0.2, 0) is 6.54 Å². The Bertz CT molecular complexity index is 400. The average molecular weight is 328 g/mol. The zero-order valence-corrected chi connectivity index (χ0v) is 13.2. The quantitative estimate of drug-likeness (QED) is 0.764. The Morgan fingerprint density at radius 1 is 1.26 bits per heavy atom. The van der Waals surface area contributed by atoms with E-state index in [4.69, 9.17) is 0 Å². The monoisotopic (exact) mass is 327 g/mol. The third-order valence-electron chi connectivity index (χ3n) is 4.23. The van der Waals surface area contributed by atoms with Crippen molar-refractivity contribution in [1.82, 2.24) is 5.32 Å². The second kappa shape index (κ2) is 7.39. The minimum atomic E-state index is -0.122. The SMILES string of the molecule is C[C@H](NCc1cc(Br)ccc1F)C1CCCCCC1. The molecule has 19 heavy (non-hydrogen) atoms. The minimum absolute atomic E-state index is 0.122. The summed E-state index contributed by atoms with van der Waals surface area (Å²) in [6.07, 6.45) is 8.08. The topological polar surface area (TPSA) is 12.0 Å². The van der Waals surface area contributed by atoms with Crippen LogP contribution >= 0.6 is 15.9 Å². The fraction of sp³-hybridized carbons (Fsp3) is 0.625. The molecule has 0 radical (unpaired) electrons. The summed E-state index contributed by atoms with van der Waals surface area (Å²) in [6, 6.07) is 5.60. The van der Waals surface area contributed by atoms with E-state index in [-0.39, 0.29) is 5.82 Å². The number of rotatable bonds is 4. The summed E-state index contributed by atoms with van der Waals surface area (Å²) in [5, 5.41) is 3.50. The molecule has 1 aliphatic rings. The van der Waals surface area contributed by atoms with Crippen LogP contribution in [0.5, 0.6) is 0 Å². The van der Waals surface area contributed by atoms with Crippen LogP contribution < -0.4 is 5.32 Å². The Hall–Kier alpha value is -0.410. The molecule has 106 valence electrons. The predicted octanol–water partition coefficient (Wildman–Crippen LogP) is 5.04. The van der Waals surface area contributed by atoms with Gasteiger partial charge in [0.25, 0.3) is 0 Å². The van der Waals surface area contributed by atoms with E-state index in [1.807, 2.05) is 6.07 Å². The van der Waals surface area contributed by atoms with Crippen LogP contribution in [-0.4, -0.2) is 6.04 Å². The van der Waals surface area contributed by atoms with Crippen molar-refractivity contribution in [2.75, 3.05) is 0 Å². The van der Waals surface area contributed by atoms with Gasteiger partial charge in [-0.1, -0.05) is 41.6 Å². The molecule has 1 aliphatic carbocycles. The lowest BCUT2D eigenvalue weighted by Crippen LogP contribution is -2.33. The first-order chi connectivity index (χ1) is 9.16. The summed E-state index contributed by atoms with van der Waals surface area (Å²) >= 11 is 3.40. The van der Waals surface area contributed by atoms with E-state index in [1.54, 1.807) is 6.07 Å². The molecule has 1 aromatic rings. The second-order valence-electron chi connectivity index (χ2n) is 5.66. The molecule has 0 aliphatic heterocycles. The molecule has 1 aromatic carbocycles. The highest BCUT2D eigenvalue weighted by Gasteiger charge is 2.18. The molecule has 1 fully saturated rings. The molecule has 1 atom stereocenters. The van der Waals surface area contributed by atoms with Gasteiger partial charge in [-0.2, -0.15) is 0 Å². The highest BCUT2D eigenvalue weighted by molar-refractivity contribution is 9.10. The second-order valence-corrected chi connectivity index (χ2v) is 6.57. The maximum Gasteiger partial charge on any atom is 0.127 e. The first kappa shape index (κ1) is 15.0. The van der Waals surface area contributed by atoms with Crippen molar-refractivity contribution < 1.29 is 4.39 Å². The van der Waals surface area contributed by atoms with Crippen LogP contribution in [0.1, 0.15) is 51.0 Å². The van der Waals surface area contributed by atoms with E-state index in [0.717, 1.165) is 16.0 Å². The van der Waals surface area contributed by atoms with Gasteiger partial charge in [-0.05, 0) is 43.9 Å². The summed E-state index contributed by atoms with van der Waals surface area (Å²) in [6.45, 7) is 2.86. The van der Waals surface area contributed by atoms with Gasteiger partial charge in [0.05, 0.1) is 0 Å². The molecule has 0 unspecified atom stereocenters. The lowest BCUT2D eigenvalue weighted by atomic mass is 9.93. The van der Waals surface area contributed by atoms with Crippen LogP contribution in [0.15, 0.2) is 22.7 Å². The highest BCUT2D eigenvalue weighted by Crippen LogP contribution is 2.25. The lowest BCUT2D eigenvalue weighted by Gasteiger charge is -2.23.